The minimum Gasteiger partial charge on any atom is -0.338 e. The highest BCUT2D eigenvalue weighted by Gasteiger charge is 2.31. The van der Waals surface area contributed by atoms with Crippen LogP contribution in [0.2, 0.25) is 5.02 Å². The maximum absolute atomic E-state index is 14.1. The number of hydrogen-bond acceptors (Lipinski definition) is 2. The summed E-state index contributed by atoms with van der Waals surface area (Å²) < 4.78 is 14.1. The van der Waals surface area contributed by atoms with Gasteiger partial charge in [0.25, 0.3) is 5.91 Å². The molecular formula is C19H22ClFN3O2+. The number of quaternary nitrogens is 1. The Balaban J connectivity index is 2.28. The fourth-order valence-electron chi connectivity index (χ4n) is 2.78. The van der Waals surface area contributed by atoms with E-state index in [2.05, 4.69) is 10.6 Å². The number of halogens is 2. The van der Waals surface area contributed by atoms with Crippen LogP contribution in [0, 0.1) is 5.82 Å². The summed E-state index contributed by atoms with van der Waals surface area (Å²) in [4.78, 5) is 25.1. The van der Waals surface area contributed by atoms with E-state index in [0.29, 0.717) is 22.0 Å². The van der Waals surface area contributed by atoms with Crippen LogP contribution in [-0.4, -0.2) is 25.5 Å². The van der Waals surface area contributed by atoms with Crippen molar-refractivity contribution < 1.29 is 18.9 Å². The standard InChI is InChI=1S/C19H21ClFN3O2/c1-3-22-19(26)23-18(25)17(13-8-5-4-6-9-13)24(2)12-14-15(20)10-7-11-16(14)21/h4-11,17H,3,12H2,1-2H3,(H2,22,23,25,26)/p+1/t17-/m1/s1. The highest BCUT2D eigenvalue weighted by Crippen LogP contribution is 2.18. The summed E-state index contributed by atoms with van der Waals surface area (Å²) >= 11 is 6.11. The molecule has 1 unspecified atom stereocenters. The summed E-state index contributed by atoms with van der Waals surface area (Å²) in [5, 5.41) is 5.17. The van der Waals surface area contributed by atoms with Crippen LogP contribution in [0.25, 0.3) is 0 Å². The fourth-order valence-corrected chi connectivity index (χ4v) is 3.01. The topological polar surface area (TPSA) is 62.6 Å². The predicted octanol–water partition coefficient (Wildman–Crippen LogP) is 2.08. The molecule has 0 bridgehead atoms. The number of amides is 3. The van der Waals surface area contributed by atoms with Crippen LogP contribution < -0.4 is 15.5 Å². The van der Waals surface area contributed by atoms with Crippen molar-refractivity contribution in [3.63, 3.8) is 0 Å². The molecule has 0 aliphatic rings. The third kappa shape index (κ3) is 5.03. The Labute approximate surface area is 157 Å². The molecule has 26 heavy (non-hydrogen) atoms. The van der Waals surface area contributed by atoms with Crippen molar-refractivity contribution in [3.05, 3.63) is 70.5 Å². The Morgan fingerprint density at radius 3 is 2.46 bits per heavy atom. The first-order chi connectivity index (χ1) is 12.4. The van der Waals surface area contributed by atoms with Gasteiger partial charge in [-0.15, -0.1) is 0 Å². The molecule has 3 N–H and O–H groups in total. The quantitative estimate of drug-likeness (QED) is 0.720. The van der Waals surface area contributed by atoms with Gasteiger partial charge < -0.3 is 10.2 Å². The number of urea groups is 1. The maximum atomic E-state index is 14.1. The van der Waals surface area contributed by atoms with Gasteiger partial charge >= 0.3 is 6.03 Å². The molecule has 2 aromatic rings. The molecule has 0 heterocycles. The smallest absolute Gasteiger partial charge is 0.321 e. The van der Waals surface area contributed by atoms with Gasteiger partial charge in [0.2, 0.25) is 0 Å². The number of carbonyl (C=O) groups excluding carboxylic acids is 2. The Morgan fingerprint density at radius 2 is 1.85 bits per heavy atom. The SMILES string of the molecule is CCNC(=O)NC(=O)[C@@H](c1ccccc1)[NH+](C)Cc1c(F)cccc1Cl. The average Bonchev–Trinajstić information content (AvgIpc) is 2.59. The van der Waals surface area contributed by atoms with Gasteiger partial charge in [0.15, 0.2) is 6.04 Å². The lowest BCUT2D eigenvalue weighted by Gasteiger charge is -2.25. The van der Waals surface area contributed by atoms with E-state index in [1.807, 2.05) is 18.2 Å². The third-order valence-electron chi connectivity index (χ3n) is 3.98. The molecule has 7 heteroatoms. The molecule has 5 nitrogen and oxygen atoms in total. The predicted molar refractivity (Wildman–Crippen MR) is 98.4 cm³/mol. The second-order valence-corrected chi connectivity index (χ2v) is 6.32. The second kappa shape index (κ2) is 9.31. The number of hydrogen-bond donors (Lipinski definition) is 3. The average molecular weight is 379 g/mol. The van der Waals surface area contributed by atoms with Crippen molar-refractivity contribution in [2.75, 3.05) is 13.6 Å². The van der Waals surface area contributed by atoms with Crippen molar-refractivity contribution >= 4 is 23.5 Å². The Bertz CT molecular complexity index is 750. The van der Waals surface area contributed by atoms with E-state index in [4.69, 9.17) is 11.6 Å². The zero-order valence-electron chi connectivity index (χ0n) is 14.7. The highest BCUT2D eigenvalue weighted by atomic mass is 35.5. The number of likely N-dealkylation sites (N-methyl/N-ethyl adjacent to an activating group) is 1. The van der Waals surface area contributed by atoms with E-state index in [-0.39, 0.29) is 6.54 Å². The van der Waals surface area contributed by atoms with Gasteiger partial charge in [-0.2, -0.15) is 0 Å². The summed E-state index contributed by atoms with van der Waals surface area (Å²) in [5.41, 5.74) is 1.05. The minimum atomic E-state index is -0.700. The van der Waals surface area contributed by atoms with Gasteiger partial charge in [-0.3, -0.25) is 10.1 Å². The largest absolute Gasteiger partial charge is 0.338 e. The Hall–Kier alpha value is -2.44. The number of carbonyl (C=O) groups is 2. The first kappa shape index (κ1) is 19.9. The highest BCUT2D eigenvalue weighted by molar-refractivity contribution is 6.31. The van der Waals surface area contributed by atoms with Gasteiger partial charge in [0.1, 0.15) is 12.4 Å². The van der Waals surface area contributed by atoms with Crippen molar-refractivity contribution in [2.45, 2.75) is 19.5 Å². The third-order valence-corrected chi connectivity index (χ3v) is 4.33. The molecule has 0 aliphatic heterocycles. The lowest BCUT2D eigenvalue weighted by molar-refractivity contribution is -0.916. The van der Waals surface area contributed by atoms with Crippen molar-refractivity contribution in [1.29, 1.82) is 0 Å². The molecular weight excluding hydrogens is 357 g/mol. The molecule has 0 aromatic heterocycles. The summed E-state index contributed by atoms with van der Waals surface area (Å²) in [6.07, 6.45) is 0. The van der Waals surface area contributed by atoms with Gasteiger partial charge in [-0.25, -0.2) is 9.18 Å². The van der Waals surface area contributed by atoms with Gasteiger partial charge in [0, 0.05) is 12.1 Å². The van der Waals surface area contributed by atoms with E-state index >= 15 is 0 Å². The molecule has 0 fully saturated rings. The Kier molecular flexibility index (Phi) is 7.12. The van der Waals surface area contributed by atoms with E-state index in [0.717, 1.165) is 5.56 Å². The number of nitrogens with one attached hydrogen (secondary N) is 3. The first-order valence-electron chi connectivity index (χ1n) is 8.32. The van der Waals surface area contributed by atoms with Crippen LogP contribution in [-0.2, 0) is 11.3 Å². The summed E-state index contributed by atoms with van der Waals surface area (Å²) in [7, 11) is 1.76. The molecule has 3 amide bonds. The second-order valence-electron chi connectivity index (χ2n) is 5.92. The van der Waals surface area contributed by atoms with Crippen LogP contribution in [0.15, 0.2) is 48.5 Å². The lowest BCUT2D eigenvalue weighted by Crippen LogP contribution is -3.09. The van der Waals surface area contributed by atoms with E-state index in [1.165, 1.54) is 12.1 Å². The van der Waals surface area contributed by atoms with Crippen LogP contribution in [0.1, 0.15) is 24.1 Å². The van der Waals surface area contributed by atoms with Crippen molar-refractivity contribution in [2.24, 2.45) is 0 Å². The maximum Gasteiger partial charge on any atom is 0.321 e. The first-order valence-corrected chi connectivity index (χ1v) is 8.70. The van der Waals surface area contributed by atoms with Crippen LogP contribution >= 0.6 is 11.6 Å². The molecule has 138 valence electrons. The lowest BCUT2D eigenvalue weighted by atomic mass is 10.0. The summed E-state index contributed by atoms with van der Waals surface area (Å²) in [6.45, 7) is 2.35. The normalized spacial score (nSPS) is 12.9. The number of rotatable bonds is 6. The molecule has 2 rings (SSSR count). The fraction of sp³-hybridized carbons (Fsp3) is 0.263. The van der Waals surface area contributed by atoms with E-state index in [1.54, 1.807) is 32.2 Å². The molecule has 0 radical (unpaired) electrons. The van der Waals surface area contributed by atoms with Gasteiger partial charge in [0.05, 0.1) is 17.6 Å². The molecule has 2 atom stereocenters. The zero-order chi connectivity index (χ0) is 19.1. The number of imide groups is 1. The monoisotopic (exact) mass is 378 g/mol. The van der Waals surface area contributed by atoms with E-state index < -0.39 is 23.8 Å². The summed E-state index contributed by atoms with van der Waals surface area (Å²) in [5.74, 6) is -0.889. The van der Waals surface area contributed by atoms with Crippen LogP contribution in [0.3, 0.4) is 0 Å². The van der Waals surface area contributed by atoms with Crippen molar-refractivity contribution in [1.82, 2.24) is 10.6 Å². The molecule has 2 aromatic carbocycles. The molecule has 0 aliphatic carbocycles. The van der Waals surface area contributed by atoms with Crippen LogP contribution in [0.5, 0.6) is 0 Å². The molecule has 0 saturated carbocycles. The van der Waals surface area contributed by atoms with Crippen molar-refractivity contribution in [3.8, 4) is 0 Å². The summed E-state index contributed by atoms with van der Waals surface area (Å²) in [6, 6.07) is 12.3. The minimum absolute atomic E-state index is 0.188. The van der Waals surface area contributed by atoms with E-state index in [9.17, 15) is 14.0 Å². The Morgan fingerprint density at radius 1 is 1.15 bits per heavy atom. The van der Waals surface area contributed by atoms with Gasteiger partial charge in [-0.1, -0.05) is 48.0 Å². The van der Waals surface area contributed by atoms with Crippen LogP contribution in [0.4, 0.5) is 9.18 Å². The molecule has 0 saturated heterocycles. The molecule has 0 spiro atoms. The number of benzene rings is 2. The zero-order valence-corrected chi connectivity index (χ0v) is 15.4. The van der Waals surface area contributed by atoms with Gasteiger partial charge in [-0.05, 0) is 19.1 Å².